The number of ether oxygens (including phenoxy) is 1. The van der Waals surface area contributed by atoms with Crippen molar-refractivity contribution in [3.05, 3.63) is 0 Å². The van der Waals surface area contributed by atoms with E-state index >= 15 is 0 Å². The Labute approximate surface area is 98.1 Å². The molecule has 0 saturated carbocycles. The molecule has 1 atom stereocenters. The van der Waals surface area contributed by atoms with E-state index < -0.39 is 18.9 Å². The number of carbonyl (C=O) groups excluding carboxylic acids is 1. The van der Waals surface area contributed by atoms with E-state index in [1.807, 2.05) is 6.92 Å². The normalized spacial score (nSPS) is 22.2. The average molecular weight is 254 g/mol. The van der Waals surface area contributed by atoms with E-state index in [9.17, 15) is 18.0 Å². The summed E-state index contributed by atoms with van der Waals surface area (Å²) in [5.41, 5.74) is 0. The van der Waals surface area contributed by atoms with Gasteiger partial charge in [0.1, 0.15) is 0 Å². The zero-order valence-corrected chi connectivity index (χ0v) is 9.72. The predicted octanol–water partition coefficient (Wildman–Crippen LogP) is 1.76. The molecule has 1 aliphatic rings. The lowest BCUT2D eigenvalue weighted by molar-refractivity contribution is -0.160. The van der Waals surface area contributed by atoms with Gasteiger partial charge in [-0.25, -0.2) is 4.79 Å². The highest BCUT2D eigenvalue weighted by Gasteiger charge is 2.30. The van der Waals surface area contributed by atoms with Gasteiger partial charge in [0.05, 0.1) is 0 Å². The molecule has 1 rings (SSSR count). The standard InChI is InChI=1S/C10H17F3N2O2/c1-2-15-5-3-4-8(6-15)14-9(16)17-7-10(11,12)13/h8H,2-7H2,1H3,(H,14,16). The van der Waals surface area contributed by atoms with E-state index in [1.54, 1.807) is 0 Å². The van der Waals surface area contributed by atoms with Gasteiger partial charge in [-0.3, -0.25) is 0 Å². The zero-order valence-electron chi connectivity index (χ0n) is 9.72. The van der Waals surface area contributed by atoms with Gasteiger partial charge in [-0.2, -0.15) is 13.2 Å². The molecule has 17 heavy (non-hydrogen) atoms. The molecular formula is C10H17F3N2O2. The first kappa shape index (κ1) is 14.1. The first-order valence-electron chi connectivity index (χ1n) is 5.63. The number of hydrogen-bond donors (Lipinski definition) is 1. The molecule has 0 radical (unpaired) electrons. The number of amides is 1. The molecule has 0 bridgehead atoms. The molecule has 4 nitrogen and oxygen atoms in total. The average Bonchev–Trinajstić information content (AvgIpc) is 2.26. The van der Waals surface area contributed by atoms with Crippen LogP contribution >= 0.6 is 0 Å². The van der Waals surface area contributed by atoms with Crippen molar-refractivity contribution in [2.24, 2.45) is 0 Å². The molecule has 1 fully saturated rings. The summed E-state index contributed by atoms with van der Waals surface area (Å²) in [5, 5.41) is 2.45. The number of hydrogen-bond acceptors (Lipinski definition) is 3. The van der Waals surface area contributed by atoms with Gasteiger partial charge < -0.3 is 15.0 Å². The number of nitrogens with one attached hydrogen (secondary N) is 1. The molecule has 0 aliphatic carbocycles. The third-order valence-corrected chi connectivity index (χ3v) is 2.64. The molecule has 0 aromatic heterocycles. The minimum atomic E-state index is -4.47. The third kappa shape index (κ3) is 5.76. The van der Waals surface area contributed by atoms with Crippen LogP contribution in [0.3, 0.4) is 0 Å². The Kier molecular flexibility index (Phi) is 5.04. The van der Waals surface area contributed by atoms with Crippen LogP contribution in [-0.2, 0) is 4.74 Å². The van der Waals surface area contributed by atoms with E-state index in [0.29, 0.717) is 6.54 Å². The van der Waals surface area contributed by atoms with Crippen LogP contribution in [0.2, 0.25) is 0 Å². The first-order chi connectivity index (χ1) is 7.90. The van der Waals surface area contributed by atoms with Crippen LogP contribution in [0, 0.1) is 0 Å². The summed E-state index contributed by atoms with van der Waals surface area (Å²) in [4.78, 5) is 13.2. The fourth-order valence-electron chi connectivity index (χ4n) is 1.82. The van der Waals surface area contributed by atoms with E-state index in [-0.39, 0.29) is 6.04 Å². The Bertz CT molecular complexity index is 258. The van der Waals surface area contributed by atoms with Gasteiger partial charge in [-0.1, -0.05) is 6.92 Å². The number of halogens is 3. The lowest BCUT2D eigenvalue weighted by Crippen LogP contribution is -2.48. The van der Waals surface area contributed by atoms with Crippen molar-refractivity contribution >= 4 is 6.09 Å². The highest BCUT2D eigenvalue weighted by Crippen LogP contribution is 2.15. The van der Waals surface area contributed by atoms with Crippen molar-refractivity contribution < 1.29 is 22.7 Å². The van der Waals surface area contributed by atoms with Crippen molar-refractivity contribution in [2.75, 3.05) is 26.2 Å². The second-order valence-corrected chi connectivity index (χ2v) is 4.07. The van der Waals surface area contributed by atoms with Crippen LogP contribution in [0.5, 0.6) is 0 Å². The Morgan fingerprint density at radius 1 is 1.53 bits per heavy atom. The number of piperidine rings is 1. The molecular weight excluding hydrogens is 237 g/mol. The molecule has 100 valence electrons. The smallest absolute Gasteiger partial charge is 0.422 e. The minimum Gasteiger partial charge on any atom is -0.440 e. The zero-order chi connectivity index (χ0) is 12.9. The molecule has 1 N–H and O–H groups in total. The number of rotatable bonds is 3. The maximum absolute atomic E-state index is 11.8. The maximum Gasteiger partial charge on any atom is 0.422 e. The summed E-state index contributed by atoms with van der Waals surface area (Å²) in [6.45, 7) is 2.97. The Morgan fingerprint density at radius 3 is 2.82 bits per heavy atom. The fourth-order valence-corrected chi connectivity index (χ4v) is 1.82. The largest absolute Gasteiger partial charge is 0.440 e. The third-order valence-electron chi connectivity index (χ3n) is 2.64. The first-order valence-corrected chi connectivity index (χ1v) is 5.63. The minimum absolute atomic E-state index is 0.121. The second-order valence-electron chi connectivity index (χ2n) is 4.07. The maximum atomic E-state index is 11.8. The number of likely N-dealkylation sites (tertiary alicyclic amines) is 1. The van der Waals surface area contributed by atoms with Gasteiger partial charge >= 0.3 is 12.3 Å². The summed E-state index contributed by atoms with van der Waals surface area (Å²) in [6, 6.07) is -0.121. The molecule has 1 amide bonds. The Hall–Kier alpha value is -0.980. The van der Waals surface area contributed by atoms with Crippen LogP contribution in [0.1, 0.15) is 19.8 Å². The van der Waals surface area contributed by atoms with E-state index in [4.69, 9.17) is 0 Å². The molecule has 0 aromatic rings. The molecule has 1 heterocycles. The number of nitrogens with zero attached hydrogens (tertiary/aromatic N) is 1. The molecule has 0 aromatic carbocycles. The van der Waals surface area contributed by atoms with E-state index in [1.165, 1.54) is 0 Å². The molecule has 0 spiro atoms. The lowest BCUT2D eigenvalue weighted by atomic mass is 10.1. The number of carbonyl (C=O) groups is 1. The predicted molar refractivity (Wildman–Crippen MR) is 55.7 cm³/mol. The lowest BCUT2D eigenvalue weighted by Gasteiger charge is -2.31. The summed E-state index contributed by atoms with van der Waals surface area (Å²) in [7, 11) is 0. The van der Waals surface area contributed by atoms with Gasteiger partial charge in [-0.05, 0) is 25.9 Å². The van der Waals surface area contributed by atoms with Gasteiger partial charge in [0.15, 0.2) is 6.61 Å². The van der Waals surface area contributed by atoms with E-state index in [0.717, 1.165) is 25.9 Å². The SMILES string of the molecule is CCN1CCCC(NC(=O)OCC(F)(F)F)C1. The highest BCUT2D eigenvalue weighted by molar-refractivity contribution is 5.67. The van der Waals surface area contributed by atoms with Crippen LogP contribution in [-0.4, -0.2) is 49.5 Å². The Morgan fingerprint density at radius 2 is 2.24 bits per heavy atom. The summed E-state index contributed by atoms with van der Waals surface area (Å²) < 4.78 is 39.5. The van der Waals surface area contributed by atoms with Crippen molar-refractivity contribution in [3.63, 3.8) is 0 Å². The van der Waals surface area contributed by atoms with Crippen molar-refractivity contribution in [1.29, 1.82) is 0 Å². The molecule has 1 aliphatic heterocycles. The number of alkyl carbamates (subject to hydrolysis) is 1. The van der Waals surface area contributed by atoms with Crippen molar-refractivity contribution in [1.82, 2.24) is 10.2 Å². The number of alkyl halides is 3. The fraction of sp³-hybridized carbons (Fsp3) is 0.900. The Balaban J connectivity index is 2.26. The van der Waals surface area contributed by atoms with Crippen molar-refractivity contribution in [2.45, 2.75) is 32.0 Å². The van der Waals surface area contributed by atoms with Gasteiger partial charge in [0.2, 0.25) is 0 Å². The highest BCUT2D eigenvalue weighted by atomic mass is 19.4. The van der Waals surface area contributed by atoms with Crippen LogP contribution < -0.4 is 5.32 Å². The molecule has 1 saturated heterocycles. The van der Waals surface area contributed by atoms with Crippen molar-refractivity contribution in [3.8, 4) is 0 Å². The summed E-state index contributed by atoms with van der Waals surface area (Å²) in [5.74, 6) is 0. The molecule has 7 heteroatoms. The van der Waals surface area contributed by atoms with Crippen LogP contribution in [0.25, 0.3) is 0 Å². The van der Waals surface area contributed by atoms with Gasteiger partial charge in [0, 0.05) is 12.6 Å². The monoisotopic (exact) mass is 254 g/mol. The number of likely N-dealkylation sites (N-methyl/N-ethyl adjacent to an activating group) is 1. The molecule has 1 unspecified atom stereocenters. The van der Waals surface area contributed by atoms with Gasteiger partial charge in [-0.15, -0.1) is 0 Å². The summed E-state index contributed by atoms with van der Waals surface area (Å²) >= 11 is 0. The summed E-state index contributed by atoms with van der Waals surface area (Å²) in [6.07, 6.45) is -3.76. The van der Waals surface area contributed by atoms with Gasteiger partial charge in [0.25, 0.3) is 0 Å². The quantitative estimate of drug-likeness (QED) is 0.834. The topological polar surface area (TPSA) is 41.6 Å². The second kappa shape index (κ2) is 6.09. The van der Waals surface area contributed by atoms with E-state index in [2.05, 4.69) is 15.0 Å². The van der Waals surface area contributed by atoms with Crippen LogP contribution in [0.15, 0.2) is 0 Å². The van der Waals surface area contributed by atoms with Crippen LogP contribution in [0.4, 0.5) is 18.0 Å².